The van der Waals surface area contributed by atoms with Crippen LogP contribution in [0, 0.1) is 16.0 Å². The molecule has 0 aliphatic heterocycles. The van der Waals surface area contributed by atoms with Crippen molar-refractivity contribution < 1.29 is 14.5 Å². The average molecular weight is 301 g/mol. The quantitative estimate of drug-likeness (QED) is 0.674. The van der Waals surface area contributed by atoms with Crippen LogP contribution >= 0.6 is 0 Å². The lowest BCUT2D eigenvalue weighted by Crippen LogP contribution is -2.17. The maximum Gasteiger partial charge on any atom is 0.287 e. The molecule has 0 aliphatic carbocycles. The van der Waals surface area contributed by atoms with Crippen LogP contribution in [0.5, 0.6) is 11.6 Å². The maximum atomic E-state index is 11.6. The fourth-order valence-corrected chi connectivity index (χ4v) is 1.55. The number of hydrogen-bond donors (Lipinski definition) is 1. The lowest BCUT2D eigenvalue weighted by molar-refractivity contribution is -0.385. The molecule has 0 bridgehead atoms. The smallest absolute Gasteiger partial charge is 0.287 e. The molecule has 0 radical (unpaired) electrons. The van der Waals surface area contributed by atoms with E-state index in [1.807, 2.05) is 13.8 Å². The highest BCUT2D eigenvalue weighted by Crippen LogP contribution is 2.23. The Kier molecular flexibility index (Phi) is 4.67. The molecule has 1 amide bonds. The number of benzene rings is 1. The van der Waals surface area contributed by atoms with Crippen LogP contribution in [-0.4, -0.2) is 15.8 Å². The Morgan fingerprint density at radius 1 is 1.23 bits per heavy atom. The second-order valence-corrected chi connectivity index (χ2v) is 4.88. The third-order valence-electron chi connectivity index (χ3n) is 2.80. The summed E-state index contributed by atoms with van der Waals surface area (Å²) in [6.07, 6.45) is 1.13. The van der Waals surface area contributed by atoms with Crippen LogP contribution in [0.15, 0.2) is 42.6 Å². The van der Waals surface area contributed by atoms with Gasteiger partial charge >= 0.3 is 0 Å². The molecule has 0 fully saturated rings. The van der Waals surface area contributed by atoms with Crippen LogP contribution in [0.4, 0.5) is 11.4 Å². The summed E-state index contributed by atoms with van der Waals surface area (Å²) in [5, 5.41) is 13.3. The minimum atomic E-state index is -0.525. The Hall–Kier alpha value is -2.96. The molecule has 0 aliphatic rings. The summed E-state index contributed by atoms with van der Waals surface area (Å²) in [4.78, 5) is 25.4. The van der Waals surface area contributed by atoms with E-state index in [-0.39, 0.29) is 23.4 Å². The fraction of sp³-hybridized carbons (Fsp3) is 0.200. The van der Waals surface area contributed by atoms with Gasteiger partial charge in [0.1, 0.15) is 11.9 Å². The zero-order chi connectivity index (χ0) is 16.1. The number of anilines is 1. The molecular weight excluding hydrogens is 286 g/mol. The number of nitrogens with one attached hydrogen (secondary N) is 1. The van der Waals surface area contributed by atoms with E-state index in [0.29, 0.717) is 11.4 Å². The van der Waals surface area contributed by atoms with Gasteiger partial charge in [-0.3, -0.25) is 14.9 Å². The standard InChI is InChI=1S/C15H15N3O4/c1-10(2)15(19)17-11-3-6-13(7-4-11)22-14-8-5-12(9-16-14)18(20)21/h3-10H,1-2H3,(H,17,19). The van der Waals surface area contributed by atoms with Crippen molar-refractivity contribution in [2.75, 3.05) is 5.32 Å². The van der Waals surface area contributed by atoms with Crippen molar-refractivity contribution in [1.82, 2.24) is 4.98 Å². The van der Waals surface area contributed by atoms with Crippen LogP contribution < -0.4 is 10.1 Å². The number of rotatable bonds is 5. The molecule has 22 heavy (non-hydrogen) atoms. The van der Waals surface area contributed by atoms with Gasteiger partial charge in [0.2, 0.25) is 11.8 Å². The third-order valence-corrected chi connectivity index (χ3v) is 2.80. The highest BCUT2D eigenvalue weighted by atomic mass is 16.6. The lowest BCUT2D eigenvalue weighted by Gasteiger charge is -2.09. The van der Waals surface area contributed by atoms with Gasteiger partial charge in [0, 0.05) is 23.7 Å². The summed E-state index contributed by atoms with van der Waals surface area (Å²) in [6.45, 7) is 3.63. The van der Waals surface area contributed by atoms with Crippen molar-refractivity contribution in [3.8, 4) is 11.6 Å². The van der Waals surface area contributed by atoms with Crippen LogP contribution in [-0.2, 0) is 4.79 Å². The molecule has 0 saturated heterocycles. The van der Waals surface area contributed by atoms with E-state index in [2.05, 4.69) is 10.3 Å². The van der Waals surface area contributed by atoms with Crippen molar-refractivity contribution in [1.29, 1.82) is 0 Å². The summed E-state index contributed by atoms with van der Waals surface area (Å²) < 4.78 is 5.47. The Labute approximate surface area is 127 Å². The third kappa shape index (κ3) is 4.02. The zero-order valence-corrected chi connectivity index (χ0v) is 12.1. The number of nitro groups is 1. The van der Waals surface area contributed by atoms with Gasteiger partial charge in [0.05, 0.1) is 4.92 Å². The Bertz CT molecular complexity index is 666. The van der Waals surface area contributed by atoms with E-state index in [0.717, 1.165) is 6.20 Å². The van der Waals surface area contributed by atoms with Gasteiger partial charge in [-0.05, 0) is 24.3 Å². The summed E-state index contributed by atoms with van der Waals surface area (Å²) in [5.74, 6) is 0.611. The van der Waals surface area contributed by atoms with Crippen molar-refractivity contribution in [2.24, 2.45) is 5.92 Å². The minimum Gasteiger partial charge on any atom is -0.439 e. The van der Waals surface area contributed by atoms with E-state index >= 15 is 0 Å². The number of carbonyl (C=O) groups excluding carboxylic acids is 1. The van der Waals surface area contributed by atoms with E-state index in [9.17, 15) is 14.9 Å². The number of amides is 1. The van der Waals surface area contributed by atoms with E-state index < -0.39 is 4.92 Å². The summed E-state index contributed by atoms with van der Waals surface area (Å²) in [7, 11) is 0. The second kappa shape index (κ2) is 6.66. The molecule has 7 heteroatoms. The molecule has 1 N–H and O–H groups in total. The summed E-state index contributed by atoms with van der Waals surface area (Å²) >= 11 is 0. The predicted molar refractivity (Wildman–Crippen MR) is 80.9 cm³/mol. The Morgan fingerprint density at radius 2 is 1.91 bits per heavy atom. The first-order valence-electron chi connectivity index (χ1n) is 6.65. The molecule has 114 valence electrons. The Balaban J connectivity index is 2.01. The summed E-state index contributed by atoms with van der Waals surface area (Å²) in [5.41, 5.74) is 0.571. The van der Waals surface area contributed by atoms with Gasteiger partial charge in [0.15, 0.2) is 0 Å². The van der Waals surface area contributed by atoms with Crippen molar-refractivity contribution in [3.05, 3.63) is 52.7 Å². The van der Waals surface area contributed by atoms with Crippen molar-refractivity contribution >= 4 is 17.3 Å². The fourth-order valence-electron chi connectivity index (χ4n) is 1.55. The van der Waals surface area contributed by atoms with Crippen molar-refractivity contribution in [2.45, 2.75) is 13.8 Å². The van der Waals surface area contributed by atoms with Crippen molar-refractivity contribution in [3.63, 3.8) is 0 Å². The number of hydrogen-bond acceptors (Lipinski definition) is 5. The van der Waals surface area contributed by atoms with Crippen LogP contribution in [0.2, 0.25) is 0 Å². The van der Waals surface area contributed by atoms with Gasteiger partial charge < -0.3 is 10.1 Å². The van der Waals surface area contributed by atoms with Gasteiger partial charge in [0.25, 0.3) is 5.69 Å². The van der Waals surface area contributed by atoms with Gasteiger partial charge in [-0.2, -0.15) is 0 Å². The lowest BCUT2D eigenvalue weighted by atomic mass is 10.2. The molecular formula is C15H15N3O4. The predicted octanol–water partition coefficient (Wildman–Crippen LogP) is 3.38. The normalized spacial score (nSPS) is 10.3. The number of aromatic nitrogens is 1. The number of ether oxygens (including phenoxy) is 1. The first kappa shape index (κ1) is 15.4. The first-order chi connectivity index (χ1) is 10.5. The van der Waals surface area contributed by atoms with E-state index in [1.54, 1.807) is 24.3 Å². The largest absolute Gasteiger partial charge is 0.439 e. The van der Waals surface area contributed by atoms with E-state index in [4.69, 9.17) is 4.74 Å². The number of nitrogens with zero attached hydrogens (tertiary/aromatic N) is 2. The molecule has 2 aromatic rings. The maximum absolute atomic E-state index is 11.6. The van der Waals surface area contributed by atoms with E-state index in [1.165, 1.54) is 12.1 Å². The van der Waals surface area contributed by atoms with Gasteiger partial charge in [-0.1, -0.05) is 13.8 Å². The Morgan fingerprint density at radius 3 is 2.41 bits per heavy atom. The van der Waals surface area contributed by atoms with Crippen LogP contribution in [0.3, 0.4) is 0 Å². The highest BCUT2D eigenvalue weighted by Gasteiger charge is 2.08. The molecule has 0 spiro atoms. The molecule has 1 aromatic carbocycles. The molecule has 0 saturated carbocycles. The SMILES string of the molecule is CC(C)C(=O)Nc1ccc(Oc2ccc([N+](=O)[O-])cn2)cc1. The van der Waals surface area contributed by atoms with Crippen LogP contribution in [0.25, 0.3) is 0 Å². The second-order valence-electron chi connectivity index (χ2n) is 4.88. The zero-order valence-electron chi connectivity index (χ0n) is 12.1. The molecule has 7 nitrogen and oxygen atoms in total. The number of pyridine rings is 1. The van der Waals surface area contributed by atoms with Gasteiger partial charge in [-0.25, -0.2) is 4.98 Å². The monoisotopic (exact) mass is 301 g/mol. The highest BCUT2D eigenvalue weighted by molar-refractivity contribution is 5.92. The summed E-state index contributed by atoms with van der Waals surface area (Å²) in [6, 6.07) is 9.52. The molecule has 0 unspecified atom stereocenters. The molecule has 1 heterocycles. The molecule has 2 rings (SSSR count). The van der Waals surface area contributed by atoms with Crippen LogP contribution in [0.1, 0.15) is 13.8 Å². The topological polar surface area (TPSA) is 94.4 Å². The average Bonchev–Trinajstić information content (AvgIpc) is 2.49. The van der Waals surface area contributed by atoms with Gasteiger partial charge in [-0.15, -0.1) is 0 Å². The molecule has 1 aromatic heterocycles. The first-order valence-corrected chi connectivity index (χ1v) is 6.65. The minimum absolute atomic E-state index is 0.0642. The molecule has 0 atom stereocenters. The number of carbonyl (C=O) groups is 1.